The van der Waals surface area contributed by atoms with Gasteiger partial charge in [0, 0.05) is 30.4 Å². The van der Waals surface area contributed by atoms with Gasteiger partial charge in [-0.15, -0.1) is 11.8 Å². The number of nitrogens with zero attached hydrogens (tertiary/aromatic N) is 2. The first-order valence-electron chi connectivity index (χ1n) is 7.94. The van der Waals surface area contributed by atoms with Crippen LogP contribution < -0.4 is 5.32 Å². The maximum atomic E-state index is 13.0. The summed E-state index contributed by atoms with van der Waals surface area (Å²) in [5.41, 5.74) is -2.79. The third-order valence-corrected chi connectivity index (χ3v) is 5.24. The van der Waals surface area contributed by atoms with Crippen LogP contribution in [0.2, 0.25) is 0 Å². The molecular formula is C17H13F6N3OS. The van der Waals surface area contributed by atoms with Crippen molar-refractivity contribution in [2.75, 3.05) is 17.6 Å². The van der Waals surface area contributed by atoms with Crippen molar-refractivity contribution in [3.8, 4) is 0 Å². The Morgan fingerprint density at radius 1 is 1.04 bits per heavy atom. The van der Waals surface area contributed by atoms with Gasteiger partial charge in [-0.3, -0.25) is 4.98 Å². The quantitative estimate of drug-likeness (QED) is 0.661. The van der Waals surface area contributed by atoms with Gasteiger partial charge in [0.25, 0.3) is 0 Å². The summed E-state index contributed by atoms with van der Waals surface area (Å²) in [5.74, 6) is 0.580. The molecule has 4 nitrogen and oxygen atoms in total. The summed E-state index contributed by atoms with van der Waals surface area (Å²) in [6.07, 6.45) is -6.90. The topological polar surface area (TPSA) is 45.2 Å². The zero-order valence-corrected chi connectivity index (χ0v) is 14.8. The molecule has 28 heavy (non-hydrogen) atoms. The van der Waals surface area contributed by atoms with Gasteiger partial charge in [-0.25, -0.2) is 4.79 Å². The van der Waals surface area contributed by atoms with Crippen molar-refractivity contribution in [2.24, 2.45) is 0 Å². The second kappa shape index (κ2) is 7.53. The number of thioether (sulfide) groups is 1. The molecule has 1 aliphatic rings. The minimum absolute atomic E-state index is 0.0150. The lowest BCUT2D eigenvalue weighted by molar-refractivity contribution is -0.143. The van der Waals surface area contributed by atoms with Crippen LogP contribution in [-0.2, 0) is 12.4 Å². The lowest BCUT2D eigenvalue weighted by Gasteiger charge is -2.24. The molecule has 150 valence electrons. The third-order valence-electron chi connectivity index (χ3n) is 3.98. The number of amides is 2. The normalized spacial score (nSPS) is 17.6. The van der Waals surface area contributed by atoms with Crippen molar-refractivity contribution in [1.82, 2.24) is 9.88 Å². The van der Waals surface area contributed by atoms with Crippen molar-refractivity contribution in [2.45, 2.75) is 17.7 Å². The predicted molar refractivity (Wildman–Crippen MR) is 91.6 cm³/mol. The van der Waals surface area contributed by atoms with Gasteiger partial charge < -0.3 is 10.2 Å². The van der Waals surface area contributed by atoms with Gasteiger partial charge in [-0.2, -0.15) is 26.3 Å². The number of hydrogen-bond donors (Lipinski definition) is 1. The Balaban J connectivity index is 1.87. The first-order valence-corrected chi connectivity index (χ1v) is 8.99. The van der Waals surface area contributed by atoms with E-state index in [0.29, 0.717) is 24.4 Å². The van der Waals surface area contributed by atoms with E-state index in [9.17, 15) is 31.1 Å². The summed E-state index contributed by atoms with van der Waals surface area (Å²) in [7, 11) is 0. The molecule has 1 fully saturated rings. The highest BCUT2D eigenvalue weighted by molar-refractivity contribution is 7.99. The number of carbonyl (C=O) groups is 1. The minimum Gasteiger partial charge on any atom is -0.308 e. The van der Waals surface area contributed by atoms with Crippen molar-refractivity contribution in [1.29, 1.82) is 0 Å². The van der Waals surface area contributed by atoms with E-state index in [4.69, 9.17) is 0 Å². The van der Waals surface area contributed by atoms with Crippen molar-refractivity contribution in [3.63, 3.8) is 0 Å². The van der Waals surface area contributed by atoms with Crippen molar-refractivity contribution >= 4 is 23.5 Å². The second-order valence-electron chi connectivity index (χ2n) is 5.92. The van der Waals surface area contributed by atoms with Gasteiger partial charge in [0.1, 0.15) is 5.37 Å². The molecule has 1 aliphatic heterocycles. The summed E-state index contributed by atoms with van der Waals surface area (Å²) < 4.78 is 77.7. The van der Waals surface area contributed by atoms with Gasteiger partial charge >= 0.3 is 18.4 Å². The van der Waals surface area contributed by atoms with Crippen LogP contribution in [0.3, 0.4) is 0 Å². The number of anilines is 1. The summed E-state index contributed by atoms with van der Waals surface area (Å²) in [5, 5.41) is 1.76. The molecule has 1 aromatic heterocycles. The van der Waals surface area contributed by atoms with Gasteiger partial charge in [-0.05, 0) is 35.9 Å². The molecule has 1 saturated heterocycles. The average molecular weight is 421 g/mol. The smallest absolute Gasteiger partial charge is 0.308 e. The molecule has 0 aliphatic carbocycles. The van der Waals surface area contributed by atoms with E-state index in [-0.39, 0.29) is 6.07 Å². The van der Waals surface area contributed by atoms with Crippen LogP contribution in [-0.4, -0.2) is 28.2 Å². The number of pyridine rings is 1. The average Bonchev–Trinajstić information content (AvgIpc) is 3.10. The van der Waals surface area contributed by atoms with E-state index in [1.165, 1.54) is 29.1 Å². The fourth-order valence-electron chi connectivity index (χ4n) is 2.70. The van der Waals surface area contributed by atoms with Gasteiger partial charge in [0.2, 0.25) is 0 Å². The Morgan fingerprint density at radius 3 is 2.14 bits per heavy atom. The molecule has 0 saturated carbocycles. The van der Waals surface area contributed by atoms with E-state index < -0.39 is 40.6 Å². The second-order valence-corrected chi connectivity index (χ2v) is 7.11. The number of alkyl halides is 6. The Morgan fingerprint density at radius 2 is 1.61 bits per heavy atom. The van der Waals surface area contributed by atoms with Crippen molar-refractivity contribution in [3.05, 3.63) is 59.4 Å². The van der Waals surface area contributed by atoms with E-state index in [2.05, 4.69) is 10.3 Å². The largest absolute Gasteiger partial charge is 0.416 e. The van der Waals surface area contributed by atoms with Crippen LogP contribution in [0.5, 0.6) is 0 Å². The Bertz CT molecular complexity index is 824. The van der Waals surface area contributed by atoms with Crippen LogP contribution in [0.15, 0.2) is 42.7 Å². The molecule has 1 atom stereocenters. The fraction of sp³-hybridized carbons (Fsp3) is 0.294. The van der Waals surface area contributed by atoms with Crippen LogP contribution in [0.4, 0.5) is 36.8 Å². The molecular weight excluding hydrogens is 408 g/mol. The molecule has 1 unspecified atom stereocenters. The number of benzene rings is 1. The minimum atomic E-state index is -4.98. The number of urea groups is 1. The molecule has 11 heteroatoms. The Labute approximate surface area is 159 Å². The number of rotatable bonds is 2. The highest BCUT2D eigenvalue weighted by atomic mass is 32.2. The Kier molecular flexibility index (Phi) is 5.46. The molecule has 2 amide bonds. The molecule has 0 radical (unpaired) electrons. The lowest BCUT2D eigenvalue weighted by atomic mass is 10.1. The van der Waals surface area contributed by atoms with Crippen molar-refractivity contribution < 1.29 is 31.1 Å². The van der Waals surface area contributed by atoms with E-state index in [1.807, 2.05) is 0 Å². The number of nitrogens with one attached hydrogen (secondary N) is 1. The molecule has 2 heterocycles. The number of halogens is 6. The number of aromatic nitrogens is 1. The molecule has 0 spiro atoms. The van der Waals surface area contributed by atoms with Crippen LogP contribution >= 0.6 is 11.8 Å². The predicted octanol–water partition coefficient (Wildman–Crippen LogP) is 5.40. The lowest BCUT2D eigenvalue weighted by Crippen LogP contribution is -2.34. The van der Waals surface area contributed by atoms with E-state index >= 15 is 0 Å². The standard InChI is InChI=1S/C17H13F6N3OS/c18-16(19,20)11-7-12(17(21,22)23)9-13(8-11)25-15(27)26-5-6-28-14(26)10-1-3-24-4-2-10/h1-4,7-9,14H,5-6H2,(H,25,27). The first-order chi connectivity index (χ1) is 13.1. The van der Waals surface area contributed by atoms with E-state index in [0.717, 1.165) is 5.56 Å². The molecule has 3 rings (SSSR count). The molecule has 2 aromatic rings. The fourth-order valence-corrected chi connectivity index (χ4v) is 3.96. The third kappa shape index (κ3) is 4.51. The van der Waals surface area contributed by atoms with Crippen LogP contribution in [0.1, 0.15) is 22.1 Å². The molecule has 1 N–H and O–H groups in total. The van der Waals surface area contributed by atoms with E-state index in [1.54, 1.807) is 12.1 Å². The molecule has 0 bridgehead atoms. The summed E-state index contributed by atoms with van der Waals surface area (Å²) >= 11 is 1.43. The summed E-state index contributed by atoms with van der Waals surface area (Å²) in [6, 6.07) is 3.58. The highest BCUT2D eigenvalue weighted by Crippen LogP contribution is 2.39. The SMILES string of the molecule is O=C(Nc1cc(C(F)(F)F)cc(C(F)(F)F)c1)N1CCSC1c1ccncc1. The maximum Gasteiger partial charge on any atom is 0.416 e. The van der Waals surface area contributed by atoms with Gasteiger partial charge in [-0.1, -0.05) is 0 Å². The van der Waals surface area contributed by atoms with Crippen LogP contribution in [0, 0.1) is 0 Å². The van der Waals surface area contributed by atoms with Gasteiger partial charge in [0.05, 0.1) is 11.1 Å². The highest BCUT2D eigenvalue weighted by Gasteiger charge is 2.37. The number of carbonyl (C=O) groups excluding carboxylic acids is 1. The monoisotopic (exact) mass is 421 g/mol. The Hall–Kier alpha value is -2.43. The maximum absolute atomic E-state index is 13.0. The molecule has 1 aromatic carbocycles. The number of hydrogen-bond acceptors (Lipinski definition) is 3. The first kappa shape index (κ1) is 20.3. The summed E-state index contributed by atoms with van der Waals surface area (Å²) in [4.78, 5) is 17.8. The summed E-state index contributed by atoms with van der Waals surface area (Å²) in [6.45, 7) is 0.300. The van der Waals surface area contributed by atoms with Gasteiger partial charge in [0.15, 0.2) is 0 Å². The van der Waals surface area contributed by atoms with Crippen LogP contribution in [0.25, 0.3) is 0 Å². The zero-order chi connectivity index (χ0) is 20.5. The zero-order valence-electron chi connectivity index (χ0n) is 14.0.